The molecule has 2 aliphatic rings. The van der Waals surface area contributed by atoms with Gasteiger partial charge in [0.15, 0.2) is 0 Å². The van der Waals surface area contributed by atoms with Crippen LogP contribution in [-0.4, -0.2) is 60.7 Å². The van der Waals surface area contributed by atoms with Crippen molar-refractivity contribution in [1.82, 2.24) is 15.4 Å². The normalized spacial score (nSPS) is 22.4. The molecule has 4 N–H and O–H groups in total. The van der Waals surface area contributed by atoms with Crippen molar-refractivity contribution < 1.29 is 14.8 Å². The Kier molecular flexibility index (Phi) is 6.87. The van der Waals surface area contributed by atoms with Gasteiger partial charge in [-0.1, -0.05) is 6.42 Å². The van der Waals surface area contributed by atoms with E-state index in [2.05, 4.69) is 10.2 Å². The summed E-state index contributed by atoms with van der Waals surface area (Å²) in [4.78, 5) is 14.9. The molecule has 1 amide bonds. The number of amides is 1. The zero-order chi connectivity index (χ0) is 12.5. The van der Waals surface area contributed by atoms with Crippen molar-refractivity contribution in [2.45, 2.75) is 19.3 Å². The Morgan fingerprint density at radius 2 is 1.71 bits per heavy atom. The molecule has 7 heteroatoms. The minimum absolute atomic E-state index is 0.707. The third-order valence-corrected chi connectivity index (χ3v) is 2.63. The van der Waals surface area contributed by atoms with Gasteiger partial charge in [0.1, 0.15) is 0 Å². The smallest absolute Gasteiger partial charge is 0.351 e. The Balaban J connectivity index is 0.000000181. The first-order valence-electron chi connectivity index (χ1n) is 6.05. The summed E-state index contributed by atoms with van der Waals surface area (Å²) in [6, 6.07) is 0. The number of carbonyl (C=O) groups excluding carboxylic acids is 1. The molecule has 0 saturated carbocycles. The average Bonchev–Trinajstić information content (AvgIpc) is 2.31. The molecule has 0 aliphatic carbocycles. The molecule has 100 valence electrons. The van der Waals surface area contributed by atoms with Gasteiger partial charge in [0.25, 0.3) is 0 Å². The number of hydrogen-bond acceptors (Lipinski definition) is 6. The van der Waals surface area contributed by atoms with E-state index in [1.807, 2.05) is 0 Å². The fourth-order valence-corrected chi connectivity index (χ4v) is 1.74. The van der Waals surface area contributed by atoms with Crippen molar-refractivity contribution >= 4 is 6.09 Å². The molecule has 2 fully saturated rings. The maximum atomic E-state index is 10.2. The molecule has 7 nitrogen and oxygen atoms in total. The number of rotatable bonds is 1. The SMILES string of the molecule is NC(=O)ON1CCCCC1.ON1CCNCC1. The molecule has 0 aromatic carbocycles. The maximum absolute atomic E-state index is 10.2. The Morgan fingerprint density at radius 3 is 2.12 bits per heavy atom. The summed E-state index contributed by atoms with van der Waals surface area (Å²) in [7, 11) is 0. The van der Waals surface area contributed by atoms with E-state index in [1.54, 1.807) is 5.06 Å². The second kappa shape index (κ2) is 8.24. The van der Waals surface area contributed by atoms with Gasteiger partial charge in [0.2, 0.25) is 0 Å². The van der Waals surface area contributed by atoms with Crippen LogP contribution in [0.3, 0.4) is 0 Å². The van der Waals surface area contributed by atoms with E-state index >= 15 is 0 Å². The summed E-state index contributed by atoms with van der Waals surface area (Å²) < 4.78 is 0. The Morgan fingerprint density at radius 1 is 1.12 bits per heavy atom. The molecule has 2 aliphatic heterocycles. The molecule has 2 heterocycles. The minimum Gasteiger partial charge on any atom is -0.351 e. The van der Waals surface area contributed by atoms with Crippen molar-refractivity contribution in [3.8, 4) is 0 Å². The monoisotopic (exact) mass is 246 g/mol. The minimum atomic E-state index is -0.707. The summed E-state index contributed by atoms with van der Waals surface area (Å²) in [5.41, 5.74) is 4.82. The Bertz CT molecular complexity index is 216. The second-order valence-electron chi connectivity index (χ2n) is 4.10. The summed E-state index contributed by atoms with van der Waals surface area (Å²) in [6.07, 6.45) is 2.70. The van der Waals surface area contributed by atoms with E-state index in [1.165, 1.54) is 11.5 Å². The summed E-state index contributed by atoms with van der Waals surface area (Å²) in [5, 5.41) is 14.8. The van der Waals surface area contributed by atoms with Crippen molar-refractivity contribution in [2.75, 3.05) is 39.3 Å². The van der Waals surface area contributed by atoms with Crippen LogP contribution < -0.4 is 11.1 Å². The van der Waals surface area contributed by atoms with Crippen LogP contribution in [-0.2, 0) is 4.84 Å². The Labute approximate surface area is 101 Å². The highest BCUT2D eigenvalue weighted by atomic mass is 16.7. The molecule has 2 saturated heterocycles. The summed E-state index contributed by atoms with van der Waals surface area (Å²) in [5.74, 6) is 0. The maximum Gasteiger partial charge on any atom is 0.423 e. The number of hydrogen-bond donors (Lipinski definition) is 3. The van der Waals surface area contributed by atoms with Crippen LogP contribution in [0.5, 0.6) is 0 Å². The number of nitrogens with one attached hydrogen (secondary N) is 1. The predicted molar refractivity (Wildman–Crippen MR) is 62.3 cm³/mol. The summed E-state index contributed by atoms with van der Waals surface area (Å²) in [6.45, 7) is 5.00. The van der Waals surface area contributed by atoms with Gasteiger partial charge in [-0.3, -0.25) is 0 Å². The molecule has 17 heavy (non-hydrogen) atoms. The van der Waals surface area contributed by atoms with E-state index in [-0.39, 0.29) is 0 Å². The zero-order valence-corrected chi connectivity index (χ0v) is 10.1. The van der Waals surface area contributed by atoms with Gasteiger partial charge in [-0.2, -0.15) is 5.06 Å². The molecule has 0 aromatic rings. The van der Waals surface area contributed by atoms with Crippen molar-refractivity contribution in [3.63, 3.8) is 0 Å². The van der Waals surface area contributed by atoms with Gasteiger partial charge in [-0.25, -0.2) is 4.79 Å². The third-order valence-electron chi connectivity index (χ3n) is 2.63. The van der Waals surface area contributed by atoms with Crippen molar-refractivity contribution in [3.05, 3.63) is 0 Å². The molecule has 0 unspecified atom stereocenters. The number of nitrogens with two attached hydrogens (primary N) is 1. The van der Waals surface area contributed by atoms with Crippen LogP contribution in [0.1, 0.15) is 19.3 Å². The van der Waals surface area contributed by atoms with Gasteiger partial charge in [-0.15, -0.1) is 5.06 Å². The molecular formula is C10H22N4O3. The largest absolute Gasteiger partial charge is 0.423 e. The standard InChI is InChI=1S/C6H12N2O2.C4H10N2O/c7-6(9)10-8-4-2-1-3-5-8;7-6-3-1-5-2-4-6/h1-5H2,(H2,7,9);5,7H,1-4H2. The quantitative estimate of drug-likeness (QED) is 0.591. The van der Waals surface area contributed by atoms with Crippen molar-refractivity contribution in [2.24, 2.45) is 5.73 Å². The van der Waals surface area contributed by atoms with Gasteiger partial charge in [0.05, 0.1) is 0 Å². The number of piperazine rings is 1. The lowest BCUT2D eigenvalue weighted by atomic mass is 10.2. The highest BCUT2D eigenvalue weighted by Crippen LogP contribution is 2.08. The number of carbonyl (C=O) groups is 1. The lowest BCUT2D eigenvalue weighted by Gasteiger charge is -2.23. The third kappa shape index (κ3) is 7.11. The van der Waals surface area contributed by atoms with Gasteiger partial charge in [-0.05, 0) is 12.8 Å². The first kappa shape index (κ1) is 14.2. The number of hydroxylamine groups is 4. The van der Waals surface area contributed by atoms with Crippen LogP contribution in [0.15, 0.2) is 0 Å². The second-order valence-corrected chi connectivity index (χ2v) is 4.10. The van der Waals surface area contributed by atoms with Crippen molar-refractivity contribution in [1.29, 1.82) is 0 Å². The zero-order valence-electron chi connectivity index (χ0n) is 10.1. The van der Waals surface area contributed by atoms with E-state index in [0.717, 1.165) is 52.1 Å². The van der Waals surface area contributed by atoms with Gasteiger partial charge < -0.3 is 21.1 Å². The molecule has 0 spiro atoms. The summed E-state index contributed by atoms with van der Waals surface area (Å²) >= 11 is 0. The van der Waals surface area contributed by atoms with E-state index in [0.29, 0.717) is 0 Å². The van der Waals surface area contributed by atoms with Crippen LogP contribution in [0.25, 0.3) is 0 Å². The number of nitrogens with zero attached hydrogens (tertiary/aromatic N) is 2. The molecule has 0 atom stereocenters. The highest BCUT2D eigenvalue weighted by Gasteiger charge is 2.12. The van der Waals surface area contributed by atoms with Crippen LogP contribution >= 0.6 is 0 Å². The lowest BCUT2D eigenvalue weighted by molar-refractivity contribution is -0.107. The van der Waals surface area contributed by atoms with E-state index < -0.39 is 6.09 Å². The fraction of sp³-hybridized carbons (Fsp3) is 0.900. The first-order valence-corrected chi connectivity index (χ1v) is 6.05. The highest BCUT2D eigenvalue weighted by molar-refractivity contribution is 5.64. The number of primary amides is 1. The molecule has 0 radical (unpaired) electrons. The first-order chi connectivity index (χ1) is 8.18. The molecular weight excluding hydrogens is 224 g/mol. The number of piperidine rings is 1. The average molecular weight is 246 g/mol. The van der Waals surface area contributed by atoms with Crippen LogP contribution in [0, 0.1) is 0 Å². The Hall–Kier alpha value is -0.890. The molecule has 0 aromatic heterocycles. The molecule has 0 bridgehead atoms. The van der Waals surface area contributed by atoms with E-state index in [9.17, 15) is 4.79 Å². The topological polar surface area (TPSA) is 91.1 Å². The van der Waals surface area contributed by atoms with Gasteiger partial charge in [0, 0.05) is 39.3 Å². The van der Waals surface area contributed by atoms with Gasteiger partial charge >= 0.3 is 6.09 Å². The lowest BCUT2D eigenvalue weighted by Crippen LogP contribution is -2.41. The fourth-order valence-electron chi connectivity index (χ4n) is 1.74. The predicted octanol–water partition coefficient (Wildman–Crippen LogP) is -0.237. The van der Waals surface area contributed by atoms with Crippen LogP contribution in [0.4, 0.5) is 4.79 Å². The van der Waals surface area contributed by atoms with Crippen LogP contribution in [0.2, 0.25) is 0 Å². The molecule has 2 rings (SSSR count). The van der Waals surface area contributed by atoms with E-state index in [4.69, 9.17) is 10.9 Å².